The number of amides is 1. The number of methoxy groups -OCH3 is 1. The predicted octanol–water partition coefficient (Wildman–Crippen LogP) is 2.49. The number of aryl methyl sites for hydroxylation is 1. The Bertz CT molecular complexity index is 805. The number of carbonyl (C=O) groups is 3. The molecule has 0 N–H and O–H groups in total. The number of carbonyl (C=O) groups excluding carboxylic acids is 3. The Kier molecular flexibility index (Phi) is 5.91. The molecule has 2 saturated heterocycles. The molecule has 0 bridgehead atoms. The lowest BCUT2D eigenvalue weighted by Crippen LogP contribution is -2.46. The maximum absolute atomic E-state index is 12.7. The second-order valence-electron chi connectivity index (χ2n) is 7.76. The first-order valence-electron chi connectivity index (χ1n) is 9.53. The maximum Gasteiger partial charge on any atom is 0.330 e. The van der Waals surface area contributed by atoms with Crippen molar-refractivity contribution in [1.82, 2.24) is 9.47 Å². The van der Waals surface area contributed by atoms with Gasteiger partial charge in [0.05, 0.1) is 17.5 Å². The zero-order valence-electron chi connectivity index (χ0n) is 17.1. The minimum absolute atomic E-state index is 0.0172. The van der Waals surface area contributed by atoms with Gasteiger partial charge in [-0.25, -0.2) is 4.79 Å². The van der Waals surface area contributed by atoms with E-state index < -0.39 is 12.0 Å². The number of ketones is 1. The van der Waals surface area contributed by atoms with Gasteiger partial charge in [0.25, 0.3) is 0 Å². The highest BCUT2D eigenvalue weighted by atomic mass is 32.2. The summed E-state index contributed by atoms with van der Waals surface area (Å²) in [5.41, 5.74) is 2.35. The SMILES string of the molecule is COC[C@H](C)n1c(C)cc(C(=O)COC(=O)[C@@H]2CS[C@]3(C)CCC(=O)N23)c1C. The molecule has 2 aliphatic rings. The van der Waals surface area contributed by atoms with E-state index in [2.05, 4.69) is 4.57 Å². The molecular weight excluding hydrogens is 380 g/mol. The summed E-state index contributed by atoms with van der Waals surface area (Å²) in [6.45, 7) is 8.06. The van der Waals surface area contributed by atoms with Gasteiger partial charge < -0.3 is 18.9 Å². The fourth-order valence-electron chi connectivity index (χ4n) is 4.36. The summed E-state index contributed by atoms with van der Waals surface area (Å²) in [4.78, 5) is 38.7. The van der Waals surface area contributed by atoms with Crippen LogP contribution in [0.5, 0.6) is 0 Å². The fourth-order valence-corrected chi connectivity index (χ4v) is 5.78. The molecule has 2 fully saturated rings. The van der Waals surface area contributed by atoms with Crippen LogP contribution in [0.4, 0.5) is 0 Å². The first-order valence-corrected chi connectivity index (χ1v) is 10.5. The third-order valence-electron chi connectivity index (χ3n) is 5.70. The number of esters is 1. The van der Waals surface area contributed by atoms with E-state index in [1.165, 1.54) is 0 Å². The monoisotopic (exact) mass is 408 g/mol. The lowest BCUT2D eigenvalue weighted by atomic mass is 10.1. The van der Waals surface area contributed by atoms with E-state index in [0.717, 1.165) is 17.8 Å². The number of nitrogens with zero attached hydrogens (tertiary/aromatic N) is 2. The number of Topliss-reactive ketones (excluding diaryl/α,β-unsaturated/α-hetero) is 1. The Morgan fingerprint density at radius 3 is 2.79 bits per heavy atom. The van der Waals surface area contributed by atoms with E-state index in [0.29, 0.717) is 24.3 Å². The summed E-state index contributed by atoms with van der Waals surface area (Å²) in [5, 5.41) is 0. The van der Waals surface area contributed by atoms with Crippen molar-refractivity contribution in [2.75, 3.05) is 26.1 Å². The van der Waals surface area contributed by atoms with Gasteiger partial charge in [0, 0.05) is 36.2 Å². The molecule has 3 atom stereocenters. The van der Waals surface area contributed by atoms with Crippen LogP contribution in [0.2, 0.25) is 0 Å². The number of rotatable bonds is 7. The Hall–Kier alpha value is -1.80. The highest BCUT2D eigenvalue weighted by Crippen LogP contribution is 2.47. The summed E-state index contributed by atoms with van der Waals surface area (Å²) in [6, 6.07) is 1.32. The van der Waals surface area contributed by atoms with Crippen LogP contribution >= 0.6 is 11.8 Å². The smallest absolute Gasteiger partial charge is 0.330 e. The Morgan fingerprint density at radius 2 is 2.11 bits per heavy atom. The topological polar surface area (TPSA) is 77.8 Å². The summed E-state index contributed by atoms with van der Waals surface area (Å²) in [7, 11) is 1.65. The van der Waals surface area contributed by atoms with E-state index in [9.17, 15) is 14.4 Å². The second kappa shape index (κ2) is 7.91. The summed E-state index contributed by atoms with van der Waals surface area (Å²) >= 11 is 1.61. The standard InChI is InChI=1S/C20H28N2O5S/c1-12-8-15(14(3)21(12)13(2)9-26-5)17(23)10-27-19(25)16-11-28-20(4)7-6-18(24)22(16)20/h8,13,16H,6-7,9-11H2,1-5H3/t13-,16-,20+/m0/s1. The number of hydrogen-bond donors (Lipinski definition) is 0. The lowest BCUT2D eigenvalue weighted by Gasteiger charge is -2.29. The molecule has 1 aromatic rings. The van der Waals surface area contributed by atoms with Crippen molar-refractivity contribution in [3.05, 3.63) is 23.0 Å². The van der Waals surface area contributed by atoms with Gasteiger partial charge in [0.2, 0.25) is 11.7 Å². The van der Waals surface area contributed by atoms with Crippen molar-refractivity contribution in [2.24, 2.45) is 0 Å². The Labute approximate surface area is 169 Å². The lowest BCUT2D eigenvalue weighted by molar-refractivity contribution is -0.152. The summed E-state index contributed by atoms with van der Waals surface area (Å²) < 4.78 is 12.6. The molecule has 1 aromatic heterocycles. The largest absolute Gasteiger partial charge is 0.456 e. The van der Waals surface area contributed by atoms with Crippen LogP contribution in [0, 0.1) is 13.8 Å². The first kappa shape index (κ1) is 20.9. The van der Waals surface area contributed by atoms with Crippen LogP contribution in [-0.2, 0) is 19.1 Å². The molecule has 8 heteroatoms. The average Bonchev–Trinajstić information content (AvgIpc) is 3.24. The molecule has 0 unspecified atom stereocenters. The molecule has 0 aliphatic carbocycles. The summed E-state index contributed by atoms with van der Waals surface area (Å²) in [6.07, 6.45) is 1.20. The minimum Gasteiger partial charge on any atom is -0.456 e. The van der Waals surface area contributed by atoms with Gasteiger partial charge in [-0.1, -0.05) is 0 Å². The van der Waals surface area contributed by atoms with E-state index in [1.807, 2.05) is 33.8 Å². The summed E-state index contributed by atoms with van der Waals surface area (Å²) in [5.74, 6) is -0.241. The van der Waals surface area contributed by atoms with Crippen molar-refractivity contribution in [3.8, 4) is 0 Å². The predicted molar refractivity (Wildman–Crippen MR) is 107 cm³/mol. The highest BCUT2D eigenvalue weighted by molar-refractivity contribution is 8.01. The van der Waals surface area contributed by atoms with Crippen molar-refractivity contribution in [3.63, 3.8) is 0 Å². The molecule has 28 heavy (non-hydrogen) atoms. The van der Waals surface area contributed by atoms with E-state index in [-0.39, 0.29) is 29.2 Å². The quantitative estimate of drug-likeness (QED) is 0.510. The molecule has 0 radical (unpaired) electrons. The Morgan fingerprint density at radius 1 is 1.39 bits per heavy atom. The molecule has 0 saturated carbocycles. The van der Waals surface area contributed by atoms with Gasteiger partial charge in [-0.05, 0) is 40.2 Å². The Balaban J connectivity index is 1.66. The number of fused-ring (bicyclic) bond motifs is 1. The molecule has 154 valence electrons. The number of hydrogen-bond acceptors (Lipinski definition) is 6. The van der Waals surface area contributed by atoms with Gasteiger partial charge in [-0.3, -0.25) is 9.59 Å². The van der Waals surface area contributed by atoms with E-state index >= 15 is 0 Å². The van der Waals surface area contributed by atoms with E-state index in [1.54, 1.807) is 23.8 Å². The first-order chi connectivity index (χ1) is 13.2. The highest BCUT2D eigenvalue weighted by Gasteiger charge is 2.53. The molecule has 1 amide bonds. The van der Waals surface area contributed by atoms with Crippen LogP contribution in [0.3, 0.4) is 0 Å². The maximum atomic E-state index is 12.7. The molecule has 2 aliphatic heterocycles. The van der Waals surface area contributed by atoms with Crippen molar-refractivity contribution < 1.29 is 23.9 Å². The fraction of sp³-hybridized carbons (Fsp3) is 0.650. The molecule has 3 heterocycles. The van der Waals surface area contributed by atoms with Crippen molar-refractivity contribution in [1.29, 1.82) is 0 Å². The molecule has 0 spiro atoms. The normalized spacial score (nSPS) is 25.1. The minimum atomic E-state index is -0.605. The second-order valence-corrected chi connectivity index (χ2v) is 9.26. The van der Waals surface area contributed by atoms with E-state index in [4.69, 9.17) is 9.47 Å². The van der Waals surface area contributed by atoms with Gasteiger partial charge in [-0.15, -0.1) is 11.8 Å². The van der Waals surface area contributed by atoms with Crippen LogP contribution in [0.25, 0.3) is 0 Å². The van der Waals surface area contributed by atoms with Crippen LogP contribution in [0.1, 0.15) is 54.5 Å². The van der Waals surface area contributed by atoms with Gasteiger partial charge >= 0.3 is 5.97 Å². The number of thioether (sulfide) groups is 1. The molecule has 3 rings (SSSR count). The third kappa shape index (κ3) is 3.59. The zero-order valence-corrected chi connectivity index (χ0v) is 17.9. The number of aromatic nitrogens is 1. The van der Waals surface area contributed by atoms with Crippen molar-refractivity contribution >= 4 is 29.4 Å². The molecular formula is C20H28N2O5S. The van der Waals surface area contributed by atoms with Crippen molar-refractivity contribution in [2.45, 2.75) is 57.5 Å². The van der Waals surface area contributed by atoms with Crippen LogP contribution in [-0.4, -0.2) is 64.1 Å². The number of ether oxygens (including phenoxy) is 2. The molecule has 0 aromatic carbocycles. The van der Waals surface area contributed by atoms with Gasteiger partial charge in [0.1, 0.15) is 6.04 Å². The van der Waals surface area contributed by atoms with Gasteiger partial charge in [-0.2, -0.15) is 0 Å². The van der Waals surface area contributed by atoms with Gasteiger partial charge in [0.15, 0.2) is 6.61 Å². The molecule has 7 nitrogen and oxygen atoms in total. The zero-order chi connectivity index (χ0) is 20.6. The third-order valence-corrected chi connectivity index (χ3v) is 7.20. The average molecular weight is 409 g/mol. The van der Waals surface area contributed by atoms with Crippen LogP contribution in [0.15, 0.2) is 6.07 Å². The van der Waals surface area contributed by atoms with Crippen LogP contribution < -0.4 is 0 Å².